The summed E-state index contributed by atoms with van der Waals surface area (Å²) in [6.45, 7) is 11.5. The molecule has 0 atom stereocenters. The lowest BCUT2D eigenvalue weighted by atomic mass is 10.2. The van der Waals surface area contributed by atoms with Crippen molar-refractivity contribution >= 4 is 39.3 Å². The zero-order chi connectivity index (χ0) is 17.0. The Morgan fingerprint density at radius 1 is 1.43 bits per heavy atom. The number of aryl methyl sites for hydroxylation is 1. The third kappa shape index (κ3) is 3.40. The van der Waals surface area contributed by atoms with Crippen LogP contribution in [0.2, 0.25) is 0 Å². The van der Waals surface area contributed by atoms with Gasteiger partial charge in [0.2, 0.25) is 0 Å². The Kier molecular flexibility index (Phi) is 5.79. The highest BCUT2D eigenvalue weighted by molar-refractivity contribution is 7.99. The summed E-state index contributed by atoms with van der Waals surface area (Å²) >= 11 is 2.62. The van der Waals surface area contributed by atoms with E-state index < -0.39 is 5.97 Å². The molecule has 0 saturated carbocycles. The number of nitrogens with zero attached hydrogens (tertiary/aromatic N) is 2. The monoisotopic (exact) mass is 350 g/mol. The minimum Gasteiger partial charge on any atom is -0.462 e. The van der Waals surface area contributed by atoms with E-state index in [1.807, 2.05) is 0 Å². The first kappa shape index (κ1) is 17.5. The molecule has 0 aliphatic heterocycles. The summed E-state index contributed by atoms with van der Waals surface area (Å²) in [5, 5.41) is 1.07. The van der Waals surface area contributed by atoms with Crippen molar-refractivity contribution in [3.8, 4) is 0 Å². The molecule has 0 fully saturated rings. The second kappa shape index (κ2) is 7.61. The quantitative estimate of drug-likeness (QED) is 0.331. The first-order chi connectivity index (χ1) is 11.0. The summed E-state index contributed by atoms with van der Waals surface area (Å²) in [5.74, 6) is 0.229. The fraction of sp³-hybridized carbons (Fsp3) is 0.312. The van der Waals surface area contributed by atoms with E-state index in [9.17, 15) is 9.59 Å². The lowest BCUT2D eigenvalue weighted by Crippen LogP contribution is -2.22. The Morgan fingerprint density at radius 3 is 2.78 bits per heavy atom. The topological polar surface area (TPSA) is 61.2 Å². The Morgan fingerprint density at radius 2 is 2.17 bits per heavy atom. The molecule has 0 aliphatic carbocycles. The van der Waals surface area contributed by atoms with E-state index in [0.29, 0.717) is 44.7 Å². The van der Waals surface area contributed by atoms with E-state index in [2.05, 4.69) is 18.1 Å². The fourth-order valence-corrected chi connectivity index (χ4v) is 3.98. The molecule has 0 aliphatic rings. The van der Waals surface area contributed by atoms with Gasteiger partial charge in [0.15, 0.2) is 5.16 Å². The van der Waals surface area contributed by atoms with Crippen LogP contribution in [0.3, 0.4) is 0 Å². The summed E-state index contributed by atoms with van der Waals surface area (Å²) < 4.78 is 6.62. The van der Waals surface area contributed by atoms with Crippen LogP contribution in [-0.4, -0.2) is 27.9 Å². The zero-order valence-corrected chi connectivity index (χ0v) is 14.8. The average Bonchev–Trinajstić information content (AvgIpc) is 2.85. The molecule has 2 aromatic heterocycles. The van der Waals surface area contributed by atoms with Crippen LogP contribution < -0.4 is 5.56 Å². The molecular weight excluding hydrogens is 332 g/mol. The lowest BCUT2D eigenvalue weighted by molar-refractivity contribution is 0.0531. The second-order valence-electron chi connectivity index (χ2n) is 4.66. The van der Waals surface area contributed by atoms with Gasteiger partial charge in [-0.05, 0) is 19.4 Å². The summed E-state index contributed by atoms with van der Waals surface area (Å²) in [5.41, 5.74) is 0.463. The molecule has 0 saturated heterocycles. The van der Waals surface area contributed by atoms with Crippen LogP contribution in [0.25, 0.3) is 10.2 Å². The predicted octanol–water partition coefficient (Wildman–Crippen LogP) is 3.41. The van der Waals surface area contributed by atoms with E-state index in [1.54, 1.807) is 30.6 Å². The standard InChI is InChI=1S/C16H18N2O3S2/c1-5-8-18-14(19)11-10(4)12(15(20)21-7-3)23-13(11)17-16(18)22-9-6-2/h5-6H,1-2,7-9H2,3-4H3. The minimum atomic E-state index is -0.414. The number of fused-ring (bicyclic) bond motifs is 1. The van der Waals surface area contributed by atoms with Crippen molar-refractivity contribution in [2.75, 3.05) is 12.4 Å². The number of hydrogen-bond donors (Lipinski definition) is 0. The largest absolute Gasteiger partial charge is 0.462 e. The summed E-state index contributed by atoms with van der Waals surface area (Å²) in [7, 11) is 0. The molecule has 0 N–H and O–H groups in total. The third-order valence-electron chi connectivity index (χ3n) is 3.12. The van der Waals surface area contributed by atoms with E-state index in [1.165, 1.54) is 23.1 Å². The van der Waals surface area contributed by atoms with Gasteiger partial charge in [-0.2, -0.15) is 0 Å². The third-order valence-corrected chi connectivity index (χ3v) is 5.26. The molecule has 0 spiro atoms. The predicted molar refractivity (Wildman–Crippen MR) is 95.7 cm³/mol. The Labute approximate surface area is 142 Å². The van der Waals surface area contributed by atoms with Crippen LogP contribution >= 0.6 is 23.1 Å². The summed E-state index contributed by atoms with van der Waals surface area (Å²) in [6.07, 6.45) is 3.41. The zero-order valence-electron chi connectivity index (χ0n) is 13.1. The SMILES string of the molecule is C=CCSc1nc2sc(C(=O)OCC)c(C)c2c(=O)n1CC=C. The van der Waals surface area contributed by atoms with Crippen molar-refractivity contribution in [3.05, 3.63) is 46.1 Å². The number of hydrogen-bond acceptors (Lipinski definition) is 6. The maximum atomic E-state index is 12.8. The van der Waals surface area contributed by atoms with Crippen molar-refractivity contribution in [3.63, 3.8) is 0 Å². The molecule has 7 heteroatoms. The summed E-state index contributed by atoms with van der Waals surface area (Å²) in [6, 6.07) is 0. The highest BCUT2D eigenvalue weighted by Crippen LogP contribution is 2.29. The number of ether oxygens (including phenoxy) is 1. The van der Waals surface area contributed by atoms with Gasteiger partial charge in [-0.3, -0.25) is 9.36 Å². The first-order valence-electron chi connectivity index (χ1n) is 7.10. The molecule has 2 aromatic rings. The molecule has 23 heavy (non-hydrogen) atoms. The number of thiophene rings is 1. The Hall–Kier alpha value is -1.86. The van der Waals surface area contributed by atoms with Crippen molar-refractivity contribution in [1.29, 1.82) is 0 Å². The average molecular weight is 350 g/mol. The number of thioether (sulfide) groups is 1. The van der Waals surface area contributed by atoms with Crippen LogP contribution in [0.4, 0.5) is 0 Å². The normalized spacial score (nSPS) is 10.7. The smallest absolute Gasteiger partial charge is 0.348 e. The molecule has 5 nitrogen and oxygen atoms in total. The van der Waals surface area contributed by atoms with Crippen LogP contribution in [-0.2, 0) is 11.3 Å². The van der Waals surface area contributed by atoms with Crippen molar-refractivity contribution in [2.45, 2.75) is 25.5 Å². The molecule has 0 amide bonds. The van der Waals surface area contributed by atoms with Crippen LogP contribution in [0, 0.1) is 6.92 Å². The van der Waals surface area contributed by atoms with Gasteiger partial charge in [0.05, 0.1) is 12.0 Å². The lowest BCUT2D eigenvalue weighted by Gasteiger charge is -2.09. The van der Waals surface area contributed by atoms with Crippen LogP contribution in [0.1, 0.15) is 22.2 Å². The van der Waals surface area contributed by atoms with E-state index in [4.69, 9.17) is 4.74 Å². The molecule has 122 valence electrons. The first-order valence-corrected chi connectivity index (χ1v) is 8.90. The maximum absolute atomic E-state index is 12.8. The van der Waals surface area contributed by atoms with Gasteiger partial charge in [0.1, 0.15) is 9.71 Å². The molecule has 0 radical (unpaired) electrons. The number of allylic oxidation sites excluding steroid dienone is 1. The number of carbonyl (C=O) groups excluding carboxylic acids is 1. The van der Waals surface area contributed by atoms with Gasteiger partial charge >= 0.3 is 5.97 Å². The van der Waals surface area contributed by atoms with Crippen molar-refractivity contribution in [2.24, 2.45) is 0 Å². The number of carbonyl (C=O) groups is 1. The van der Waals surface area contributed by atoms with E-state index in [-0.39, 0.29) is 5.56 Å². The molecule has 0 aromatic carbocycles. The molecular formula is C16H18N2O3S2. The highest BCUT2D eigenvalue weighted by Gasteiger charge is 2.22. The Balaban J connectivity index is 2.68. The minimum absolute atomic E-state index is 0.161. The van der Waals surface area contributed by atoms with E-state index in [0.717, 1.165) is 0 Å². The number of rotatable bonds is 7. The highest BCUT2D eigenvalue weighted by atomic mass is 32.2. The number of esters is 1. The Bertz CT molecular complexity index is 821. The van der Waals surface area contributed by atoms with Crippen molar-refractivity contribution < 1.29 is 9.53 Å². The second-order valence-corrected chi connectivity index (χ2v) is 6.64. The van der Waals surface area contributed by atoms with Gasteiger partial charge in [-0.25, -0.2) is 9.78 Å². The van der Waals surface area contributed by atoms with E-state index >= 15 is 0 Å². The van der Waals surface area contributed by atoms with Gasteiger partial charge < -0.3 is 4.74 Å². The van der Waals surface area contributed by atoms with Crippen LogP contribution in [0.15, 0.2) is 35.3 Å². The van der Waals surface area contributed by atoms with Crippen LogP contribution in [0.5, 0.6) is 0 Å². The molecule has 0 bridgehead atoms. The number of aromatic nitrogens is 2. The maximum Gasteiger partial charge on any atom is 0.348 e. The van der Waals surface area contributed by atoms with Crippen molar-refractivity contribution in [1.82, 2.24) is 9.55 Å². The fourth-order valence-electron chi connectivity index (χ4n) is 2.12. The van der Waals surface area contributed by atoms with Gasteiger partial charge in [0, 0.05) is 12.3 Å². The molecule has 0 unspecified atom stereocenters. The van der Waals surface area contributed by atoms with Gasteiger partial charge in [0.25, 0.3) is 5.56 Å². The molecule has 2 rings (SSSR count). The van der Waals surface area contributed by atoms with Gasteiger partial charge in [-0.15, -0.1) is 24.5 Å². The van der Waals surface area contributed by atoms with Gasteiger partial charge in [-0.1, -0.05) is 23.9 Å². The molecule has 2 heterocycles. The summed E-state index contributed by atoms with van der Waals surface area (Å²) in [4.78, 5) is 30.4.